The normalized spacial score (nSPS) is 10.2. The van der Waals surface area contributed by atoms with Crippen molar-refractivity contribution in [1.29, 1.82) is 0 Å². The molecular formula is C16H34Ag. The maximum atomic E-state index is 2.29. The number of hydrogen-bond acceptors (Lipinski definition) is 0. The molecule has 0 saturated heterocycles. The van der Waals surface area contributed by atoms with Crippen LogP contribution in [0.1, 0.15) is 104 Å². The van der Waals surface area contributed by atoms with E-state index in [4.69, 9.17) is 0 Å². The minimum atomic E-state index is 0. The maximum absolute atomic E-state index is 2.29. The van der Waals surface area contributed by atoms with Gasteiger partial charge in [0.25, 0.3) is 0 Å². The Hall–Kier alpha value is 0.740. The molecule has 0 bridgehead atoms. The molecule has 0 aliphatic heterocycles. The molecule has 0 rings (SSSR count). The molecule has 0 spiro atoms. The van der Waals surface area contributed by atoms with E-state index in [0.717, 1.165) is 0 Å². The molecule has 0 saturated carbocycles. The third-order valence-electron chi connectivity index (χ3n) is 3.46. The van der Waals surface area contributed by atoms with Crippen molar-refractivity contribution in [2.24, 2.45) is 0 Å². The molecular weight excluding hydrogens is 300 g/mol. The van der Waals surface area contributed by atoms with Crippen molar-refractivity contribution < 1.29 is 22.4 Å². The molecule has 17 heavy (non-hydrogen) atoms. The zero-order chi connectivity index (χ0) is 11.9. The van der Waals surface area contributed by atoms with Crippen LogP contribution in [-0.2, 0) is 22.4 Å². The van der Waals surface area contributed by atoms with Crippen molar-refractivity contribution in [3.8, 4) is 0 Å². The van der Waals surface area contributed by atoms with Gasteiger partial charge < -0.3 is 0 Å². The van der Waals surface area contributed by atoms with Crippen LogP contribution < -0.4 is 0 Å². The zero-order valence-electron chi connectivity index (χ0n) is 12.2. The third-order valence-corrected chi connectivity index (χ3v) is 3.46. The topological polar surface area (TPSA) is 0 Å². The molecule has 0 fully saturated rings. The monoisotopic (exact) mass is 333 g/mol. The average molecular weight is 334 g/mol. The van der Waals surface area contributed by atoms with E-state index in [2.05, 4.69) is 13.8 Å². The van der Waals surface area contributed by atoms with Crippen molar-refractivity contribution in [2.75, 3.05) is 0 Å². The quantitative estimate of drug-likeness (QED) is 0.267. The van der Waals surface area contributed by atoms with Crippen LogP contribution in [0.2, 0.25) is 0 Å². The van der Waals surface area contributed by atoms with E-state index >= 15 is 0 Å². The summed E-state index contributed by atoms with van der Waals surface area (Å²) in [6, 6.07) is 0. The Balaban J connectivity index is 0. The summed E-state index contributed by atoms with van der Waals surface area (Å²) in [7, 11) is 0. The Morgan fingerprint density at radius 1 is 0.353 bits per heavy atom. The first-order chi connectivity index (χ1) is 7.91. The van der Waals surface area contributed by atoms with E-state index in [1.54, 1.807) is 0 Å². The molecule has 0 aromatic carbocycles. The Morgan fingerprint density at radius 3 is 0.706 bits per heavy atom. The van der Waals surface area contributed by atoms with Crippen molar-refractivity contribution in [3.63, 3.8) is 0 Å². The summed E-state index contributed by atoms with van der Waals surface area (Å²) in [5.41, 5.74) is 0. The van der Waals surface area contributed by atoms with E-state index < -0.39 is 0 Å². The molecule has 0 nitrogen and oxygen atoms in total. The first kappa shape index (κ1) is 20.1. The predicted octanol–water partition coefficient (Wildman–Crippen LogP) is 6.49. The van der Waals surface area contributed by atoms with Gasteiger partial charge >= 0.3 is 0 Å². The van der Waals surface area contributed by atoms with Gasteiger partial charge in [-0.25, -0.2) is 0 Å². The van der Waals surface area contributed by atoms with Crippen LogP contribution in [0.5, 0.6) is 0 Å². The van der Waals surface area contributed by atoms with E-state index in [1.165, 1.54) is 89.9 Å². The van der Waals surface area contributed by atoms with Crippen LogP contribution in [0.3, 0.4) is 0 Å². The van der Waals surface area contributed by atoms with Gasteiger partial charge in [0, 0.05) is 22.4 Å². The molecule has 0 N–H and O–H groups in total. The van der Waals surface area contributed by atoms with E-state index in [9.17, 15) is 0 Å². The second kappa shape index (κ2) is 19.1. The summed E-state index contributed by atoms with van der Waals surface area (Å²) < 4.78 is 0. The standard InChI is InChI=1S/C16H34.Ag/c1-3-5-7-9-11-13-15-16-14-12-10-8-6-4-2;/h3-16H2,1-2H3;. The molecule has 109 valence electrons. The van der Waals surface area contributed by atoms with Crippen molar-refractivity contribution in [1.82, 2.24) is 0 Å². The molecule has 0 aliphatic carbocycles. The van der Waals surface area contributed by atoms with Crippen LogP contribution in [0.4, 0.5) is 0 Å². The summed E-state index contributed by atoms with van der Waals surface area (Å²) in [6.45, 7) is 4.58. The Kier molecular flexibility index (Phi) is 22.5. The first-order valence-corrected chi connectivity index (χ1v) is 7.91. The first-order valence-electron chi connectivity index (χ1n) is 7.91. The minimum absolute atomic E-state index is 0. The fraction of sp³-hybridized carbons (Fsp3) is 1.00. The Morgan fingerprint density at radius 2 is 0.529 bits per heavy atom. The largest absolute Gasteiger partial charge is 0.0654 e. The van der Waals surface area contributed by atoms with Gasteiger partial charge in [-0.2, -0.15) is 0 Å². The van der Waals surface area contributed by atoms with Gasteiger partial charge in [-0.3, -0.25) is 0 Å². The third kappa shape index (κ3) is 19.3. The summed E-state index contributed by atoms with van der Waals surface area (Å²) in [4.78, 5) is 0. The van der Waals surface area contributed by atoms with Crippen molar-refractivity contribution in [2.45, 2.75) is 104 Å². The predicted molar refractivity (Wildman–Crippen MR) is 76.0 cm³/mol. The molecule has 1 radical (unpaired) electrons. The Bertz CT molecular complexity index is 98.1. The van der Waals surface area contributed by atoms with Gasteiger partial charge in [0.15, 0.2) is 0 Å². The van der Waals surface area contributed by atoms with Gasteiger partial charge in [-0.15, -0.1) is 0 Å². The molecule has 0 heterocycles. The van der Waals surface area contributed by atoms with Crippen LogP contribution in [0.15, 0.2) is 0 Å². The second-order valence-electron chi connectivity index (χ2n) is 5.24. The molecule has 0 amide bonds. The molecule has 0 unspecified atom stereocenters. The zero-order valence-corrected chi connectivity index (χ0v) is 13.7. The number of rotatable bonds is 13. The smallest absolute Gasteiger partial charge is 0 e. The van der Waals surface area contributed by atoms with Crippen LogP contribution in [0, 0.1) is 0 Å². The van der Waals surface area contributed by atoms with Gasteiger partial charge in [0.1, 0.15) is 0 Å². The van der Waals surface area contributed by atoms with Crippen LogP contribution >= 0.6 is 0 Å². The van der Waals surface area contributed by atoms with Gasteiger partial charge in [-0.1, -0.05) is 104 Å². The fourth-order valence-electron chi connectivity index (χ4n) is 2.27. The average Bonchev–Trinajstić information content (AvgIpc) is 2.31. The molecule has 0 atom stereocenters. The van der Waals surface area contributed by atoms with Crippen molar-refractivity contribution in [3.05, 3.63) is 0 Å². The number of hydrogen-bond donors (Lipinski definition) is 0. The van der Waals surface area contributed by atoms with Crippen LogP contribution in [-0.4, -0.2) is 0 Å². The van der Waals surface area contributed by atoms with Crippen molar-refractivity contribution >= 4 is 0 Å². The summed E-state index contributed by atoms with van der Waals surface area (Å²) in [6.07, 6.45) is 20.4. The fourth-order valence-corrected chi connectivity index (χ4v) is 2.27. The Labute approximate surface area is 126 Å². The van der Waals surface area contributed by atoms with Gasteiger partial charge in [0.05, 0.1) is 0 Å². The van der Waals surface area contributed by atoms with E-state index in [-0.39, 0.29) is 22.4 Å². The maximum Gasteiger partial charge on any atom is 0 e. The summed E-state index contributed by atoms with van der Waals surface area (Å²) in [5, 5.41) is 0. The number of unbranched alkanes of at least 4 members (excludes halogenated alkanes) is 13. The molecule has 0 aliphatic rings. The van der Waals surface area contributed by atoms with Gasteiger partial charge in [0.2, 0.25) is 0 Å². The summed E-state index contributed by atoms with van der Waals surface area (Å²) >= 11 is 0. The molecule has 0 aromatic heterocycles. The second-order valence-corrected chi connectivity index (χ2v) is 5.24. The molecule has 0 aromatic rings. The summed E-state index contributed by atoms with van der Waals surface area (Å²) in [5.74, 6) is 0. The van der Waals surface area contributed by atoms with Crippen LogP contribution in [0.25, 0.3) is 0 Å². The van der Waals surface area contributed by atoms with E-state index in [1.807, 2.05) is 0 Å². The van der Waals surface area contributed by atoms with E-state index in [0.29, 0.717) is 0 Å². The van der Waals surface area contributed by atoms with Gasteiger partial charge in [-0.05, 0) is 0 Å². The molecule has 1 heteroatoms. The SMILES string of the molecule is CCCCCCCCCCCCCCCC.[Ag]. The minimum Gasteiger partial charge on any atom is -0.0654 e.